The Morgan fingerprint density at radius 2 is 1.93 bits per heavy atom. The molecule has 7 heteroatoms. The second kappa shape index (κ2) is 7.55. The Bertz CT molecular complexity index is 1040. The number of amides is 1. The highest BCUT2D eigenvalue weighted by Crippen LogP contribution is 2.29. The summed E-state index contributed by atoms with van der Waals surface area (Å²) >= 11 is 0. The van der Waals surface area contributed by atoms with Crippen molar-refractivity contribution in [1.29, 1.82) is 0 Å². The van der Waals surface area contributed by atoms with E-state index in [9.17, 15) is 4.79 Å². The van der Waals surface area contributed by atoms with Gasteiger partial charge in [0, 0.05) is 37.6 Å². The first-order chi connectivity index (χ1) is 14.2. The van der Waals surface area contributed by atoms with E-state index in [1.54, 1.807) is 6.20 Å². The Morgan fingerprint density at radius 3 is 2.83 bits per heavy atom. The van der Waals surface area contributed by atoms with E-state index in [1.807, 2.05) is 35.2 Å². The van der Waals surface area contributed by atoms with Crippen LogP contribution in [0, 0.1) is 0 Å². The van der Waals surface area contributed by atoms with Gasteiger partial charge in [-0.15, -0.1) is 10.2 Å². The average molecular weight is 390 g/mol. The standard InChI is InChI=1S/C22H26N6O/c1-26-12-5-4-8-18(26)21-25-24-19-10-13-27(14-15-28(19)21)22(29)20-17-7-3-2-6-16(17)9-11-23-20/h2-3,6-7,9,11,18H,4-5,8,10,12-15H2,1H3. The number of fused-ring (bicyclic) bond motifs is 2. The van der Waals surface area contributed by atoms with Gasteiger partial charge >= 0.3 is 0 Å². The first kappa shape index (κ1) is 18.2. The number of carbonyl (C=O) groups is 1. The summed E-state index contributed by atoms with van der Waals surface area (Å²) in [6, 6.07) is 10.2. The molecule has 0 bridgehead atoms. The summed E-state index contributed by atoms with van der Waals surface area (Å²) < 4.78 is 2.25. The number of likely N-dealkylation sites (tertiary alicyclic amines) is 1. The molecule has 2 aliphatic rings. The van der Waals surface area contributed by atoms with Gasteiger partial charge in [0.25, 0.3) is 5.91 Å². The van der Waals surface area contributed by atoms with Crippen LogP contribution in [0.1, 0.15) is 47.4 Å². The molecule has 4 heterocycles. The van der Waals surface area contributed by atoms with Gasteiger partial charge in [-0.25, -0.2) is 0 Å². The molecule has 0 aliphatic carbocycles. The fourth-order valence-electron chi connectivity index (χ4n) is 4.64. The van der Waals surface area contributed by atoms with Crippen molar-refractivity contribution >= 4 is 16.7 Å². The van der Waals surface area contributed by atoms with Crippen LogP contribution < -0.4 is 0 Å². The van der Waals surface area contributed by atoms with Crippen molar-refractivity contribution in [1.82, 2.24) is 29.5 Å². The van der Waals surface area contributed by atoms with Crippen molar-refractivity contribution in [3.05, 3.63) is 53.9 Å². The van der Waals surface area contributed by atoms with E-state index in [1.165, 1.54) is 12.8 Å². The molecule has 1 amide bonds. The van der Waals surface area contributed by atoms with Crippen LogP contribution in [0.5, 0.6) is 0 Å². The molecule has 1 fully saturated rings. The number of piperidine rings is 1. The van der Waals surface area contributed by atoms with Crippen molar-refractivity contribution in [2.75, 3.05) is 26.7 Å². The van der Waals surface area contributed by atoms with Gasteiger partial charge in [0.05, 0.1) is 6.04 Å². The van der Waals surface area contributed by atoms with E-state index in [-0.39, 0.29) is 5.91 Å². The van der Waals surface area contributed by atoms with Crippen LogP contribution in [0.3, 0.4) is 0 Å². The third-order valence-corrected chi connectivity index (χ3v) is 6.29. The lowest BCUT2D eigenvalue weighted by Crippen LogP contribution is -2.35. The molecule has 0 N–H and O–H groups in total. The summed E-state index contributed by atoms with van der Waals surface area (Å²) in [6.45, 7) is 3.13. The second-order valence-electron chi connectivity index (χ2n) is 8.04. The minimum atomic E-state index is -0.00292. The van der Waals surface area contributed by atoms with E-state index in [0.717, 1.165) is 48.4 Å². The third kappa shape index (κ3) is 3.29. The molecule has 0 saturated carbocycles. The second-order valence-corrected chi connectivity index (χ2v) is 8.04. The summed E-state index contributed by atoms with van der Waals surface area (Å²) in [5.74, 6) is 2.04. The number of hydrogen-bond donors (Lipinski definition) is 0. The van der Waals surface area contributed by atoms with Crippen LogP contribution in [0.15, 0.2) is 36.5 Å². The van der Waals surface area contributed by atoms with Gasteiger partial charge in [-0.05, 0) is 37.9 Å². The number of nitrogens with zero attached hydrogens (tertiary/aromatic N) is 6. The van der Waals surface area contributed by atoms with E-state index >= 15 is 0 Å². The predicted octanol–water partition coefficient (Wildman–Crippen LogP) is 2.68. The van der Waals surface area contributed by atoms with Gasteiger partial charge in [0.1, 0.15) is 17.3 Å². The molecule has 1 atom stereocenters. The maximum atomic E-state index is 13.3. The number of benzene rings is 1. The van der Waals surface area contributed by atoms with Crippen LogP contribution in [0.4, 0.5) is 0 Å². The smallest absolute Gasteiger partial charge is 0.273 e. The van der Waals surface area contributed by atoms with Gasteiger partial charge in [0.2, 0.25) is 0 Å². The van der Waals surface area contributed by atoms with Crippen molar-refractivity contribution in [2.45, 2.75) is 38.3 Å². The van der Waals surface area contributed by atoms with Gasteiger partial charge in [-0.1, -0.05) is 30.7 Å². The Balaban J connectivity index is 1.39. The maximum absolute atomic E-state index is 13.3. The highest BCUT2D eigenvalue weighted by molar-refractivity contribution is 6.05. The zero-order chi connectivity index (χ0) is 19.8. The maximum Gasteiger partial charge on any atom is 0.273 e. The van der Waals surface area contributed by atoms with Gasteiger partial charge in [0.15, 0.2) is 0 Å². The molecule has 0 radical (unpaired) electrons. The molecule has 3 aromatic rings. The van der Waals surface area contributed by atoms with Gasteiger partial charge in [-0.3, -0.25) is 14.7 Å². The SMILES string of the molecule is CN1CCCCC1c1nnc2n1CCN(C(=O)c1nccc3ccccc13)CC2. The van der Waals surface area contributed by atoms with Crippen molar-refractivity contribution in [3.63, 3.8) is 0 Å². The van der Waals surface area contributed by atoms with E-state index < -0.39 is 0 Å². The monoisotopic (exact) mass is 390 g/mol. The van der Waals surface area contributed by atoms with Crippen LogP contribution in [-0.4, -0.2) is 62.1 Å². The summed E-state index contributed by atoms with van der Waals surface area (Å²) in [4.78, 5) is 22.0. The lowest BCUT2D eigenvalue weighted by atomic mass is 10.0. The third-order valence-electron chi connectivity index (χ3n) is 6.29. The Hall–Kier alpha value is -2.80. The Kier molecular flexibility index (Phi) is 4.75. The van der Waals surface area contributed by atoms with Gasteiger partial charge < -0.3 is 9.47 Å². The summed E-state index contributed by atoms with van der Waals surface area (Å²) in [5, 5.41) is 11.0. The van der Waals surface area contributed by atoms with Crippen LogP contribution in [0.25, 0.3) is 10.8 Å². The fourth-order valence-corrected chi connectivity index (χ4v) is 4.64. The van der Waals surface area contributed by atoms with Crippen LogP contribution in [-0.2, 0) is 13.0 Å². The van der Waals surface area contributed by atoms with E-state index in [4.69, 9.17) is 0 Å². The molecule has 1 unspecified atom stereocenters. The molecule has 7 nitrogen and oxygen atoms in total. The highest BCUT2D eigenvalue weighted by Gasteiger charge is 2.29. The molecule has 2 aromatic heterocycles. The molecular weight excluding hydrogens is 364 g/mol. The zero-order valence-corrected chi connectivity index (χ0v) is 16.8. The fraction of sp³-hybridized carbons (Fsp3) is 0.455. The minimum absolute atomic E-state index is 0.00292. The Labute approximate surface area is 170 Å². The first-order valence-electron chi connectivity index (χ1n) is 10.5. The quantitative estimate of drug-likeness (QED) is 0.673. The molecule has 29 heavy (non-hydrogen) atoms. The summed E-state index contributed by atoms with van der Waals surface area (Å²) in [7, 11) is 2.17. The van der Waals surface area contributed by atoms with Crippen LogP contribution >= 0.6 is 0 Å². The molecule has 0 spiro atoms. The lowest BCUT2D eigenvalue weighted by molar-refractivity contribution is 0.0754. The Morgan fingerprint density at radius 1 is 1.03 bits per heavy atom. The number of hydrogen-bond acceptors (Lipinski definition) is 5. The summed E-state index contributed by atoms with van der Waals surface area (Å²) in [6.07, 6.45) is 6.04. The molecule has 1 saturated heterocycles. The van der Waals surface area contributed by atoms with Gasteiger partial charge in [-0.2, -0.15) is 0 Å². The number of aromatic nitrogens is 4. The molecule has 150 valence electrons. The van der Waals surface area contributed by atoms with Crippen LogP contribution in [0.2, 0.25) is 0 Å². The molecule has 1 aromatic carbocycles. The first-order valence-corrected chi connectivity index (χ1v) is 10.5. The number of rotatable bonds is 2. The zero-order valence-electron chi connectivity index (χ0n) is 16.8. The van der Waals surface area contributed by atoms with E-state index in [2.05, 4.69) is 31.7 Å². The topological polar surface area (TPSA) is 67.2 Å². The van der Waals surface area contributed by atoms with Crippen molar-refractivity contribution in [3.8, 4) is 0 Å². The molecule has 2 aliphatic heterocycles. The molecular formula is C22H26N6O. The highest BCUT2D eigenvalue weighted by atomic mass is 16.2. The number of pyridine rings is 1. The van der Waals surface area contributed by atoms with Crippen molar-refractivity contribution < 1.29 is 4.79 Å². The lowest BCUT2D eigenvalue weighted by Gasteiger charge is -2.32. The largest absolute Gasteiger partial charge is 0.335 e. The number of carbonyl (C=O) groups excluding carboxylic acids is 1. The average Bonchev–Trinajstić information content (AvgIpc) is 3.04. The van der Waals surface area contributed by atoms with E-state index in [0.29, 0.717) is 24.8 Å². The normalized spacial score (nSPS) is 20.4. The molecule has 5 rings (SSSR count). The minimum Gasteiger partial charge on any atom is -0.335 e. The predicted molar refractivity (Wildman–Crippen MR) is 111 cm³/mol. The summed E-state index contributed by atoms with van der Waals surface area (Å²) in [5.41, 5.74) is 0.535. The van der Waals surface area contributed by atoms with Crippen molar-refractivity contribution in [2.24, 2.45) is 0 Å².